The van der Waals surface area contributed by atoms with Crippen molar-refractivity contribution < 1.29 is 23.9 Å². The van der Waals surface area contributed by atoms with Crippen LogP contribution < -0.4 is 4.74 Å². The van der Waals surface area contributed by atoms with Crippen LogP contribution in [0.1, 0.15) is 65.3 Å². The van der Waals surface area contributed by atoms with Crippen LogP contribution in [0.2, 0.25) is 10.0 Å². The molecule has 0 radical (unpaired) electrons. The molecule has 0 N–H and O–H groups in total. The van der Waals surface area contributed by atoms with Crippen LogP contribution in [0.4, 0.5) is 4.79 Å². The number of morpholine rings is 1. The van der Waals surface area contributed by atoms with Gasteiger partial charge in [-0.05, 0) is 79.8 Å². The van der Waals surface area contributed by atoms with Crippen LogP contribution in [0.25, 0.3) is 0 Å². The third-order valence-electron chi connectivity index (χ3n) is 10.5. The number of rotatable bonds is 8. The molecule has 14 heteroatoms. The van der Waals surface area contributed by atoms with Crippen LogP contribution in [-0.4, -0.2) is 127 Å². The van der Waals surface area contributed by atoms with Crippen molar-refractivity contribution in [2.75, 3.05) is 78.7 Å². The molecule has 4 heterocycles. The maximum atomic E-state index is 15.1. The van der Waals surface area contributed by atoms with Crippen molar-refractivity contribution in [3.63, 3.8) is 0 Å². The number of hydrogen-bond acceptors (Lipinski definition) is 7. The van der Waals surface area contributed by atoms with Gasteiger partial charge in [0.25, 0.3) is 5.91 Å². The van der Waals surface area contributed by atoms with E-state index in [9.17, 15) is 9.59 Å². The quantitative estimate of drug-likeness (QED) is 0.256. The van der Waals surface area contributed by atoms with Crippen LogP contribution >= 0.6 is 35.6 Å². The van der Waals surface area contributed by atoms with Gasteiger partial charge in [-0.25, -0.2) is 4.79 Å². The zero-order valence-corrected chi connectivity index (χ0v) is 32.8. The molecule has 0 spiro atoms. The number of aliphatic imine (C=N–C) groups is 1. The number of nitrogens with zero attached hydrogens (tertiary/aromatic N) is 6. The number of ether oxygens (including phenoxy) is 2. The Morgan fingerprint density at radius 3 is 2.02 bits per heavy atom. The Balaban J connectivity index is 0.00000497. The number of piperidine rings is 1. The van der Waals surface area contributed by atoms with E-state index in [0.29, 0.717) is 111 Å². The molecule has 4 aliphatic heterocycles. The molecule has 7 rings (SSSR count). The highest BCUT2D eigenvalue weighted by Crippen LogP contribution is 2.45. The maximum Gasteiger partial charge on any atom is 0.326 e. The molecule has 0 aromatic heterocycles. The Kier molecular flexibility index (Phi) is 13.4. The molecule has 0 bridgehead atoms. The minimum Gasteiger partial charge on any atom is -0.493 e. The summed E-state index contributed by atoms with van der Waals surface area (Å²) in [5.74, 6) is 1.00. The van der Waals surface area contributed by atoms with E-state index in [1.807, 2.05) is 82.3 Å². The second-order valence-electron chi connectivity index (χ2n) is 13.9. The fourth-order valence-electron chi connectivity index (χ4n) is 7.61. The normalized spacial score (nSPS) is 20.7. The van der Waals surface area contributed by atoms with Crippen LogP contribution in [0, 0.1) is 0 Å². The molecule has 0 aliphatic carbocycles. The predicted octanol–water partition coefficient (Wildman–Crippen LogP) is 6.58. The summed E-state index contributed by atoms with van der Waals surface area (Å²) < 4.78 is 11.6. The molecule has 11 nitrogen and oxygen atoms in total. The van der Waals surface area contributed by atoms with Crippen LogP contribution in [-0.2, 0) is 9.53 Å². The second kappa shape index (κ2) is 18.2. The van der Waals surface area contributed by atoms with E-state index in [1.165, 1.54) is 0 Å². The van der Waals surface area contributed by atoms with E-state index in [1.54, 1.807) is 11.0 Å². The SMILES string of the molecule is CCOc1ccc(C(=O)N2CCCCC2)cc1C1=N[C@@H](c2ccc(Cl)cc2)[C@@H](c2ccc(Cl)cc2)N1C(=O)N1CCN(CC(=O)N2CCOCC2)CC1.Cl. The van der Waals surface area contributed by atoms with Crippen molar-refractivity contribution in [2.45, 2.75) is 38.3 Å². The first kappa shape index (κ1) is 39.8. The fourth-order valence-corrected chi connectivity index (χ4v) is 7.86. The molecule has 3 saturated heterocycles. The number of benzene rings is 3. The minimum atomic E-state index is -0.548. The van der Waals surface area contributed by atoms with E-state index in [-0.39, 0.29) is 30.3 Å². The van der Waals surface area contributed by atoms with Crippen molar-refractivity contribution in [1.29, 1.82) is 0 Å². The van der Waals surface area contributed by atoms with Crippen molar-refractivity contribution in [1.82, 2.24) is 24.5 Å². The van der Waals surface area contributed by atoms with E-state index in [2.05, 4.69) is 4.90 Å². The van der Waals surface area contributed by atoms with Crippen LogP contribution in [0.15, 0.2) is 71.7 Å². The number of halogens is 3. The zero-order chi connectivity index (χ0) is 36.9. The number of amidine groups is 1. The van der Waals surface area contributed by atoms with Gasteiger partial charge < -0.3 is 24.2 Å². The number of hydrogen-bond donors (Lipinski definition) is 0. The van der Waals surface area contributed by atoms with Gasteiger partial charge in [0, 0.05) is 68.0 Å². The molecule has 288 valence electrons. The lowest BCUT2D eigenvalue weighted by atomic mass is 9.93. The van der Waals surface area contributed by atoms with Crippen LogP contribution in [0.3, 0.4) is 0 Å². The lowest BCUT2D eigenvalue weighted by Crippen LogP contribution is -2.56. The van der Waals surface area contributed by atoms with Gasteiger partial charge in [0.05, 0.1) is 38.0 Å². The summed E-state index contributed by atoms with van der Waals surface area (Å²) in [7, 11) is 0. The lowest BCUT2D eigenvalue weighted by molar-refractivity contribution is -0.136. The Morgan fingerprint density at radius 1 is 0.759 bits per heavy atom. The fraction of sp³-hybridized carbons (Fsp3) is 0.450. The van der Waals surface area contributed by atoms with E-state index < -0.39 is 12.1 Å². The molecule has 4 amide bonds. The van der Waals surface area contributed by atoms with Gasteiger partial charge in [0.2, 0.25) is 5.91 Å². The first-order valence-corrected chi connectivity index (χ1v) is 19.4. The first-order chi connectivity index (χ1) is 25.8. The zero-order valence-electron chi connectivity index (χ0n) is 30.5. The molecule has 54 heavy (non-hydrogen) atoms. The summed E-state index contributed by atoms with van der Waals surface area (Å²) in [5, 5.41) is 1.18. The summed E-state index contributed by atoms with van der Waals surface area (Å²) in [6.45, 7) is 8.33. The molecule has 0 unspecified atom stereocenters. The highest BCUT2D eigenvalue weighted by atomic mass is 35.5. The summed E-state index contributed by atoms with van der Waals surface area (Å²) in [5.41, 5.74) is 2.84. The summed E-state index contributed by atoms with van der Waals surface area (Å²) in [6, 6.07) is 19.2. The Bertz CT molecular complexity index is 1810. The largest absolute Gasteiger partial charge is 0.493 e. The molecule has 3 aromatic rings. The van der Waals surface area contributed by atoms with E-state index in [0.717, 1.165) is 30.4 Å². The highest BCUT2D eigenvalue weighted by Gasteiger charge is 2.45. The number of amides is 4. The molecule has 3 aromatic carbocycles. The lowest BCUT2D eigenvalue weighted by Gasteiger charge is -2.39. The smallest absolute Gasteiger partial charge is 0.326 e. The highest BCUT2D eigenvalue weighted by molar-refractivity contribution is 6.30. The predicted molar refractivity (Wildman–Crippen MR) is 212 cm³/mol. The van der Waals surface area contributed by atoms with Crippen molar-refractivity contribution >= 4 is 59.3 Å². The van der Waals surface area contributed by atoms with Gasteiger partial charge in [0.1, 0.15) is 17.6 Å². The molecule has 0 saturated carbocycles. The van der Waals surface area contributed by atoms with Crippen molar-refractivity contribution in [2.24, 2.45) is 4.99 Å². The van der Waals surface area contributed by atoms with Gasteiger partial charge in [-0.2, -0.15) is 0 Å². The van der Waals surface area contributed by atoms with Gasteiger partial charge in [-0.15, -0.1) is 12.4 Å². The van der Waals surface area contributed by atoms with Gasteiger partial charge in [-0.3, -0.25) is 24.4 Å². The van der Waals surface area contributed by atoms with E-state index in [4.69, 9.17) is 37.7 Å². The Hall–Kier alpha value is -3.87. The monoisotopic (exact) mass is 796 g/mol. The first-order valence-electron chi connectivity index (χ1n) is 18.6. The molecule has 2 atom stereocenters. The average molecular weight is 798 g/mol. The van der Waals surface area contributed by atoms with Crippen LogP contribution in [0.5, 0.6) is 5.75 Å². The standard InChI is InChI=1S/C40H46Cl2N6O5.ClH/c1-2-53-34-15-10-30(39(50)46-16-4-3-5-17-46)26-33(34)38-43-36(28-6-11-31(41)12-7-28)37(29-8-13-32(42)14-9-29)48(38)40(51)47-20-18-44(19-21-47)27-35(49)45-22-24-52-25-23-45;/h6-15,26,36-37H,2-5,16-25,27H2,1H3;1H/t36-,37+;/m0./s1. The molecular formula is C40H47Cl3N6O5. The third kappa shape index (κ3) is 8.81. The molecular weight excluding hydrogens is 751 g/mol. The number of carbonyl (C=O) groups is 3. The summed E-state index contributed by atoms with van der Waals surface area (Å²) in [4.78, 5) is 56.8. The Labute approximate surface area is 333 Å². The average Bonchev–Trinajstić information content (AvgIpc) is 3.59. The summed E-state index contributed by atoms with van der Waals surface area (Å²) >= 11 is 12.7. The van der Waals surface area contributed by atoms with Crippen molar-refractivity contribution in [3.8, 4) is 5.75 Å². The molecule has 4 aliphatic rings. The Morgan fingerprint density at radius 2 is 1.39 bits per heavy atom. The van der Waals surface area contributed by atoms with Crippen molar-refractivity contribution in [3.05, 3.63) is 99.0 Å². The third-order valence-corrected chi connectivity index (χ3v) is 11.0. The number of urea groups is 1. The number of piperazine rings is 1. The van der Waals surface area contributed by atoms with Gasteiger partial charge in [0.15, 0.2) is 0 Å². The summed E-state index contributed by atoms with van der Waals surface area (Å²) in [6.07, 6.45) is 3.07. The van der Waals surface area contributed by atoms with Gasteiger partial charge >= 0.3 is 6.03 Å². The number of carbonyl (C=O) groups excluding carboxylic acids is 3. The molecule has 3 fully saturated rings. The van der Waals surface area contributed by atoms with E-state index >= 15 is 4.79 Å². The topological polar surface area (TPSA) is 98.2 Å². The minimum absolute atomic E-state index is 0. The maximum absolute atomic E-state index is 15.1. The number of likely N-dealkylation sites (tertiary alicyclic amines) is 1. The van der Waals surface area contributed by atoms with Gasteiger partial charge in [-0.1, -0.05) is 47.5 Å². The second-order valence-corrected chi connectivity index (χ2v) is 14.7.